The van der Waals surface area contributed by atoms with Gasteiger partial charge in [-0.2, -0.15) is 0 Å². The predicted octanol–water partition coefficient (Wildman–Crippen LogP) is 4.45. The summed E-state index contributed by atoms with van der Waals surface area (Å²) in [7, 11) is 0. The molecule has 0 aliphatic heterocycles. The molecule has 0 saturated carbocycles. The topological polar surface area (TPSA) is 0 Å². The van der Waals surface area contributed by atoms with Crippen LogP contribution in [0.1, 0.15) is 5.56 Å². The molecule has 0 aliphatic rings. The minimum absolute atomic E-state index is 0.947. The Bertz CT molecular complexity index is 483. The van der Waals surface area contributed by atoms with E-state index in [2.05, 4.69) is 23.6 Å². The first-order valence-corrected chi connectivity index (χ1v) is 5.71. The normalized spacial score (nSPS) is 10.1. The fourth-order valence-electron chi connectivity index (χ4n) is 1.23. The number of rotatable bonds is 1. The van der Waals surface area contributed by atoms with Crippen LogP contribution in [0.2, 0.25) is 0 Å². The molecule has 2 aromatic rings. The summed E-state index contributed by atoms with van der Waals surface area (Å²) in [5.41, 5.74) is 2.42. The van der Waals surface area contributed by atoms with Crippen LogP contribution in [0.25, 0.3) is 10.4 Å². The van der Waals surface area contributed by atoms with Crippen molar-refractivity contribution in [2.24, 2.45) is 0 Å². The summed E-state index contributed by atoms with van der Waals surface area (Å²) in [4.78, 5) is 1.24. The van der Waals surface area contributed by atoms with Gasteiger partial charge in [0.1, 0.15) is 0 Å². The lowest BCUT2D eigenvalue weighted by molar-refractivity contribution is 1.50. The molecule has 0 saturated heterocycles. The van der Waals surface area contributed by atoms with Crippen molar-refractivity contribution in [2.75, 3.05) is 0 Å². The van der Waals surface area contributed by atoms with Crippen molar-refractivity contribution in [3.8, 4) is 10.4 Å². The first-order chi connectivity index (χ1) is 6.77. The van der Waals surface area contributed by atoms with Gasteiger partial charge in [-0.3, -0.25) is 0 Å². The van der Waals surface area contributed by atoms with Crippen molar-refractivity contribution in [1.82, 2.24) is 0 Å². The van der Waals surface area contributed by atoms with Crippen molar-refractivity contribution >= 4 is 23.6 Å². The number of aryl methyl sites for hydroxylation is 1. The second-order valence-electron chi connectivity index (χ2n) is 3.16. The highest BCUT2D eigenvalue weighted by molar-refractivity contribution is 7.71. The van der Waals surface area contributed by atoms with Gasteiger partial charge in [0.05, 0.1) is 0 Å². The van der Waals surface area contributed by atoms with Crippen LogP contribution < -0.4 is 0 Å². The fraction of sp³-hybridized carbons (Fsp3) is 0.0833. The maximum atomic E-state index is 5.25. The summed E-state index contributed by atoms with van der Waals surface area (Å²) < 4.78 is 0.947. The largest absolute Gasteiger partial charge is 0.143 e. The van der Waals surface area contributed by atoms with Crippen LogP contribution in [0.15, 0.2) is 41.8 Å². The quantitative estimate of drug-likeness (QED) is 0.637. The molecule has 0 amide bonds. The lowest BCUT2D eigenvalue weighted by Gasteiger charge is -2.00. The fourth-order valence-corrected chi connectivity index (χ4v) is 2.45. The van der Waals surface area contributed by atoms with E-state index in [9.17, 15) is 0 Å². The Morgan fingerprint density at radius 1 is 1.14 bits per heavy atom. The van der Waals surface area contributed by atoms with E-state index < -0.39 is 0 Å². The van der Waals surface area contributed by atoms with Crippen molar-refractivity contribution in [2.45, 2.75) is 6.92 Å². The average Bonchev–Trinajstić information content (AvgIpc) is 2.23. The van der Waals surface area contributed by atoms with Gasteiger partial charge in [-0.25, -0.2) is 0 Å². The summed E-state index contributed by atoms with van der Waals surface area (Å²) in [5.74, 6) is 0. The summed E-state index contributed by atoms with van der Waals surface area (Å²) >= 11 is 6.99. The Labute approximate surface area is 92.9 Å². The molecular formula is C12H10S2. The molecule has 1 aromatic carbocycles. The van der Waals surface area contributed by atoms with E-state index in [1.807, 2.05) is 25.1 Å². The zero-order valence-corrected chi connectivity index (χ0v) is 9.49. The van der Waals surface area contributed by atoms with Crippen LogP contribution in [0, 0.1) is 11.4 Å². The SMILES string of the molecule is Cc1csc(-c2ccccc2)cc1=S. The van der Waals surface area contributed by atoms with Gasteiger partial charge in [0.2, 0.25) is 0 Å². The van der Waals surface area contributed by atoms with Gasteiger partial charge in [0.15, 0.2) is 0 Å². The van der Waals surface area contributed by atoms with Gasteiger partial charge in [-0.1, -0.05) is 42.5 Å². The Morgan fingerprint density at radius 3 is 2.50 bits per heavy atom. The molecule has 2 heteroatoms. The zero-order valence-electron chi connectivity index (χ0n) is 7.86. The third-order valence-corrected chi connectivity index (χ3v) is 3.59. The molecule has 1 heterocycles. The summed E-state index contributed by atoms with van der Waals surface area (Å²) in [6.07, 6.45) is 0. The van der Waals surface area contributed by atoms with E-state index in [4.69, 9.17) is 12.2 Å². The number of hydrogen-bond acceptors (Lipinski definition) is 2. The Hall–Kier alpha value is -0.990. The molecule has 0 aliphatic carbocycles. The van der Waals surface area contributed by atoms with Crippen LogP contribution in [-0.4, -0.2) is 0 Å². The van der Waals surface area contributed by atoms with E-state index >= 15 is 0 Å². The smallest absolute Gasteiger partial charge is 0.0428 e. The summed E-state index contributed by atoms with van der Waals surface area (Å²) in [6.45, 7) is 2.05. The van der Waals surface area contributed by atoms with E-state index in [0.29, 0.717) is 0 Å². The molecular weight excluding hydrogens is 208 g/mol. The first kappa shape index (κ1) is 9.56. The molecule has 1 aromatic heterocycles. The van der Waals surface area contributed by atoms with Crippen LogP contribution in [0.4, 0.5) is 0 Å². The molecule has 0 spiro atoms. The lowest BCUT2D eigenvalue weighted by Crippen LogP contribution is -1.76. The van der Waals surface area contributed by atoms with Gasteiger partial charge in [0.25, 0.3) is 0 Å². The van der Waals surface area contributed by atoms with Gasteiger partial charge in [0, 0.05) is 9.39 Å². The molecule has 0 N–H and O–H groups in total. The third-order valence-electron chi connectivity index (χ3n) is 2.07. The molecule has 0 bridgehead atoms. The standard InChI is InChI=1S/C12H10S2/c1-9-8-14-12(7-11(9)13)10-5-3-2-4-6-10/h2-8H,1H3. The van der Waals surface area contributed by atoms with Crippen LogP contribution in [0.5, 0.6) is 0 Å². The monoisotopic (exact) mass is 218 g/mol. The van der Waals surface area contributed by atoms with Crippen molar-refractivity contribution in [3.63, 3.8) is 0 Å². The molecule has 14 heavy (non-hydrogen) atoms. The third kappa shape index (κ3) is 1.91. The molecule has 0 fully saturated rings. The summed E-state index contributed by atoms with van der Waals surface area (Å²) in [5, 5.41) is 2.12. The van der Waals surface area contributed by atoms with Gasteiger partial charge in [-0.15, -0.1) is 11.3 Å². The Kier molecular flexibility index (Phi) is 2.75. The highest BCUT2D eigenvalue weighted by atomic mass is 32.1. The maximum Gasteiger partial charge on any atom is 0.0428 e. The minimum Gasteiger partial charge on any atom is -0.143 e. The molecule has 0 nitrogen and oxygen atoms in total. The number of benzene rings is 1. The Balaban J connectivity index is 2.54. The van der Waals surface area contributed by atoms with E-state index in [0.717, 1.165) is 4.51 Å². The zero-order chi connectivity index (χ0) is 9.97. The molecule has 0 unspecified atom stereocenters. The second kappa shape index (κ2) is 4.03. The average molecular weight is 218 g/mol. The van der Waals surface area contributed by atoms with Crippen molar-refractivity contribution < 1.29 is 0 Å². The number of hydrogen-bond donors (Lipinski definition) is 0. The highest BCUT2D eigenvalue weighted by Crippen LogP contribution is 2.24. The van der Waals surface area contributed by atoms with Crippen molar-refractivity contribution in [1.29, 1.82) is 0 Å². The predicted molar refractivity (Wildman–Crippen MR) is 65.3 cm³/mol. The molecule has 0 radical (unpaired) electrons. The summed E-state index contributed by atoms with van der Waals surface area (Å²) in [6, 6.07) is 12.4. The van der Waals surface area contributed by atoms with E-state index in [-0.39, 0.29) is 0 Å². The second-order valence-corrected chi connectivity index (χ2v) is 4.51. The van der Waals surface area contributed by atoms with E-state index in [1.54, 1.807) is 11.3 Å². The van der Waals surface area contributed by atoms with Gasteiger partial charge < -0.3 is 0 Å². The van der Waals surface area contributed by atoms with Gasteiger partial charge >= 0.3 is 0 Å². The van der Waals surface area contributed by atoms with E-state index in [1.165, 1.54) is 16.0 Å². The Morgan fingerprint density at radius 2 is 1.86 bits per heavy atom. The van der Waals surface area contributed by atoms with Crippen LogP contribution in [-0.2, 0) is 0 Å². The van der Waals surface area contributed by atoms with Gasteiger partial charge in [-0.05, 0) is 29.5 Å². The lowest BCUT2D eigenvalue weighted by atomic mass is 10.2. The molecule has 2 rings (SSSR count). The van der Waals surface area contributed by atoms with Crippen molar-refractivity contribution in [3.05, 3.63) is 51.9 Å². The minimum atomic E-state index is 0.947. The highest BCUT2D eigenvalue weighted by Gasteiger charge is 1.97. The molecule has 70 valence electrons. The first-order valence-electron chi connectivity index (χ1n) is 4.42. The van der Waals surface area contributed by atoms with Crippen LogP contribution in [0.3, 0.4) is 0 Å². The van der Waals surface area contributed by atoms with Crippen LogP contribution >= 0.6 is 23.6 Å². The maximum absolute atomic E-state index is 5.25. The molecule has 0 atom stereocenters.